The Kier molecular flexibility index (Phi) is 4.40. The molecule has 0 aliphatic heterocycles. The summed E-state index contributed by atoms with van der Waals surface area (Å²) in [5.41, 5.74) is 1.66. The number of nitrogens with one attached hydrogen (secondary N) is 1. The van der Waals surface area contributed by atoms with Gasteiger partial charge in [0.1, 0.15) is 0 Å². The lowest BCUT2D eigenvalue weighted by molar-refractivity contribution is -0.111. The van der Waals surface area contributed by atoms with E-state index in [1.165, 1.54) is 18.5 Å². The fraction of sp³-hybridized carbons (Fsp3) is 0.0667. The fourth-order valence-electron chi connectivity index (χ4n) is 1.69. The van der Waals surface area contributed by atoms with Gasteiger partial charge in [0.25, 0.3) is 0 Å². The molecular formula is C15H13N3O3. The van der Waals surface area contributed by atoms with Gasteiger partial charge in [-0.3, -0.25) is 4.79 Å². The Morgan fingerprint density at radius 3 is 2.71 bits per heavy atom. The first-order valence-corrected chi connectivity index (χ1v) is 6.16. The molecule has 0 radical (unpaired) electrons. The van der Waals surface area contributed by atoms with Gasteiger partial charge in [-0.05, 0) is 18.6 Å². The smallest absolute Gasteiger partial charge is 0.358 e. The largest absolute Gasteiger partial charge is 0.476 e. The molecule has 6 heteroatoms. The highest BCUT2D eigenvalue weighted by atomic mass is 16.4. The number of carboxylic acid groups (broad SMARTS) is 1. The average Bonchev–Trinajstić information content (AvgIpc) is 2.45. The predicted molar refractivity (Wildman–Crippen MR) is 77.8 cm³/mol. The number of aromatic carboxylic acids is 1. The zero-order valence-corrected chi connectivity index (χ0v) is 11.3. The molecule has 2 aromatic rings. The zero-order chi connectivity index (χ0) is 15.2. The summed E-state index contributed by atoms with van der Waals surface area (Å²) in [6, 6.07) is 7.63. The maximum atomic E-state index is 11.8. The average molecular weight is 283 g/mol. The van der Waals surface area contributed by atoms with E-state index in [2.05, 4.69) is 15.3 Å². The monoisotopic (exact) mass is 283 g/mol. The van der Waals surface area contributed by atoms with Crippen molar-refractivity contribution in [3.05, 3.63) is 59.6 Å². The van der Waals surface area contributed by atoms with E-state index in [9.17, 15) is 9.59 Å². The van der Waals surface area contributed by atoms with Crippen LogP contribution < -0.4 is 5.32 Å². The minimum atomic E-state index is -1.25. The van der Waals surface area contributed by atoms with Crippen molar-refractivity contribution < 1.29 is 14.7 Å². The van der Waals surface area contributed by atoms with Gasteiger partial charge in [0.15, 0.2) is 11.5 Å². The SMILES string of the molecule is Cc1cccc(C=CC(=O)Nc2nccnc2C(=O)O)c1. The summed E-state index contributed by atoms with van der Waals surface area (Å²) in [6.07, 6.45) is 5.52. The van der Waals surface area contributed by atoms with Crippen molar-refractivity contribution >= 4 is 23.8 Å². The van der Waals surface area contributed by atoms with Crippen molar-refractivity contribution in [2.75, 3.05) is 5.32 Å². The molecule has 0 aliphatic carbocycles. The van der Waals surface area contributed by atoms with E-state index >= 15 is 0 Å². The Labute approximate surface area is 121 Å². The summed E-state index contributed by atoms with van der Waals surface area (Å²) in [4.78, 5) is 30.2. The molecule has 2 rings (SSSR count). The minimum absolute atomic E-state index is 0.0797. The highest BCUT2D eigenvalue weighted by Gasteiger charge is 2.13. The Morgan fingerprint density at radius 1 is 1.24 bits per heavy atom. The lowest BCUT2D eigenvalue weighted by Gasteiger charge is -2.03. The number of benzene rings is 1. The van der Waals surface area contributed by atoms with Crippen molar-refractivity contribution in [1.82, 2.24) is 9.97 Å². The molecule has 6 nitrogen and oxygen atoms in total. The Balaban J connectivity index is 2.10. The first-order chi connectivity index (χ1) is 10.1. The molecular weight excluding hydrogens is 270 g/mol. The number of aryl methyl sites for hydroxylation is 1. The second-order valence-corrected chi connectivity index (χ2v) is 4.30. The molecule has 106 valence electrons. The molecule has 0 fully saturated rings. The van der Waals surface area contributed by atoms with E-state index in [0.29, 0.717) is 0 Å². The maximum Gasteiger partial charge on any atom is 0.358 e. The molecule has 2 N–H and O–H groups in total. The molecule has 0 aliphatic rings. The van der Waals surface area contributed by atoms with E-state index < -0.39 is 11.9 Å². The van der Waals surface area contributed by atoms with Crippen molar-refractivity contribution in [2.24, 2.45) is 0 Å². The summed E-state index contributed by atoms with van der Waals surface area (Å²) in [7, 11) is 0. The minimum Gasteiger partial charge on any atom is -0.476 e. The number of anilines is 1. The molecule has 0 bridgehead atoms. The highest BCUT2D eigenvalue weighted by Crippen LogP contribution is 2.09. The Hall–Kier alpha value is -3.02. The lowest BCUT2D eigenvalue weighted by Crippen LogP contribution is -2.14. The van der Waals surface area contributed by atoms with Crippen LogP contribution in [0.4, 0.5) is 5.82 Å². The van der Waals surface area contributed by atoms with Crippen LogP contribution in [0.5, 0.6) is 0 Å². The van der Waals surface area contributed by atoms with Crippen molar-refractivity contribution in [3.63, 3.8) is 0 Å². The second kappa shape index (κ2) is 6.42. The van der Waals surface area contributed by atoms with E-state index in [4.69, 9.17) is 5.11 Å². The molecule has 21 heavy (non-hydrogen) atoms. The van der Waals surface area contributed by atoms with Crippen LogP contribution in [0.25, 0.3) is 6.08 Å². The Bertz CT molecular complexity index is 711. The molecule has 0 spiro atoms. The van der Waals surface area contributed by atoms with Gasteiger partial charge >= 0.3 is 5.97 Å². The predicted octanol–water partition coefficient (Wildman–Crippen LogP) is 2.14. The molecule has 1 aromatic heterocycles. The van der Waals surface area contributed by atoms with E-state index in [0.717, 1.165) is 11.1 Å². The maximum absolute atomic E-state index is 11.8. The van der Waals surface area contributed by atoms with Crippen LogP contribution in [0.15, 0.2) is 42.7 Å². The van der Waals surface area contributed by atoms with Gasteiger partial charge < -0.3 is 10.4 Å². The van der Waals surface area contributed by atoms with Gasteiger partial charge in [0.05, 0.1) is 0 Å². The Morgan fingerprint density at radius 2 is 2.00 bits per heavy atom. The van der Waals surface area contributed by atoms with Crippen LogP contribution in [-0.2, 0) is 4.79 Å². The quantitative estimate of drug-likeness (QED) is 0.839. The third-order valence-electron chi connectivity index (χ3n) is 2.61. The van der Waals surface area contributed by atoms with Gasteiger partial charge in [-0.15, -0.1) is 0 Å². The van der Waals surface area contributed by atoms with Crippen molar-refractivity contribution in [1.29, 1.82) is 0 Å². The third kappa shape index (κ3) is 3.97. The van der Waals surface area contributed by atoms with Crippen LogP contribution in [0.1, 0.15) is 21.6 Å². The summed E-state index contributed by atoms with van der Waals surface area (Å²) >= 11 is 0. The molecule has 1 aromatic carbocycles. The molecule has 0 atom stereocenters. The number of hydrogen-bond donors (Lipinski definition) is 2. The second-order valence-electron chi connectivity index (χ2n) is 4.30. The van der Waals surface area contributed by atoms with E-state index in [1.54, 1.807) is 6.08 Å². The number of rotatable bonds is 4. The van der Waals surface area contributed by atoms with Crippen LogP contribution in [0.2, 0.25) is 0 Å². The van der Waals surface area contributed by atoms with Crippen molar-refractivity contribution in [3.8, 4) is 0 Å². The molecule has 1 heterocycles. The van der Waals surface area contributed by atoms with Gasteiger partial charge in [0.2, 0.25) is 5.91 Å². The molecule has 0 unspecified atom stereocenters. The third-order valence-corrected chi connectivity index (χ3v) is 2.61. The first-order valence-electron chi connectivity index (χ1n) is 6.16. The van der Waals surface area contributed by atoms with E-state index in [1.807, 2.05) is 31.2 Å². The van der Waals surface area contributed by atoms with Crippen LogP contribution >= 0.6 is 0 Å². The van der Waals surface area contributed by atoms with Gasteiger partial charge in [-0.2, -0.15) is 0 Å². The number of amides is 1. The topological polar surface area (TPSA) is 92.2 Å². The number of carboxylic acids is 1. The fourth-order valence-corrected chi connectivity index (χ4v) is 1.69. The van der Waals surface area contributed by atoms with Gasteiger partial charge in [-0.25, -0.2) is 14.8 Å². The number of carbonyl (C=O) groups excluding carboxylic acids is 1. The lowest BCUT2D eigenvalue weighted by atomic mass is 10.1. The summed E-state index contributed by atoms with van der Waals surface area (Å²) in [5, 5.41) is 11.3. The van der Waals surface area contributed by atoms with E-state index in [-0.39, 0.29) is 11.5 Å². The van der Waals surface area contributed by atoms with Crippen LogP contribution in [0.3, 0.4) is 0 Å². The molecule has 1 amide bonds. The summed E-state index contributed by atoms with van der Waals surface area (Å²) < 4.78 is 0. The van der Waals surface area contributed by atoms with Gasteiger partial charge in [-0.1, -0.05) is 29.8 Å². The molecule has 0 saturated carbocycles. The number of carbonyl (C=O) groups is 2. The number of hydrogen-bond acceptors (Lipinski definition) is 4. The zero-order valence-electron chi connectivity index (χ0n) is 11.3. The summed E-state index contributed by atoms with van der Waals surface area (Å²) in [6.45, 7) is 1.95. The van der Waals surface area contributed by atoms with Crippen molar-refractivity contribution in [2.45, 2.75) is 6.92 Å². The number of nitrogens with zero attached hydrogens (tertiary/aromatic N) is 2. The first kappa shape index (κ1) is 14.4. The number of aromatic nitrogens is 2. The van der Waals surface area contributed by atoms with Crippen LogP contribution in [-0.4, -0.2) is 27.0 Å². The molecule has 0 saturated heterocycles. The van der Waals surface area contributed by atoms with Crippen LogP contribution in [0, 0.1) is 6.92 Å². The highest BCUT2D eigenvalue weighted by molar-refractivity contribution is 6.04. The summed E-state index contributed by atoms with van der Waals surface area (Å²) in [5.74, 6) is -1.80. The normalized spacial score (nSPS) is 10.5. The standard InChI is InChI=1S/C15H13N3O3/c1-10-3-2-4-11(9-10)5-6-12(19)18-14-13(15(20)21)16-7-8-17-14/h2-9H,1H3,(H,20,21)(H,17,18,19). The van der Waals surface area contributed by atoms with Gasteiger partial charge in [0, 0.05) is 18.5 Å².